The molecule has 2 aromatic heterocycles. The van der Waals surface area contributed by atoms with Gasteiger partial charge in [0.2, 0.25) is 10.1 Å². The molecule has 9 heteroatoms. The average Bonchev–Trinajstić information content (AvgIpc) is 3.35. The van der Waals surface area contributed by atoms with Crippen LogP contribution in [0.15, 0.2) is 24.4 Å². The highest BCUT2D eigenvalue weighted by Gasteiger charge is 2.32. The van der Waals surface area contributed by atoms with Crippen LogP contribution < -0.4 is 15.4 Å². The number of methoxy groups -OCH3 is 1. The molecule has 1 saturated heterocycles. The van der Waals surface area contributed by atoms with Gasteiger partial charge in [0.25, 0.3) is 0 Å². The quantitative estimate of drug-likeness (QED) is 0.515. The summed E-state index contributed by atoms with van der Waals surface area (Å²) in [5, 5.41) is 16.2. The lowest BCUT2D eigenvalue weighted by Crippen LogP contribution is -2.48. The first-order chi connectivity index (χ1) is 14.9. The van der Waals surface area contributed by atoms with Gasteiger partial charge in [-0.2, -0.15) is 0 Å². The minimum atomic E-state index is -0.758. The Hall–Kier alpha value is -2.20. The molecule has 0 unspecified atom stereocenters. The summed E-state index contributed by atoms with van der Waals surface area (Å²) in [6.07, 6.45) is 3.14. The van der Waals surface area contributed by atoms with Crippen molar-refractivity contribution in [3.05, 3.63) is 30.0 Å². The third-order valence-electron chi connectivity index (χ3n) is 5.91. The summed E-state index contributed by atoms with van der Waals surface area (Å²) in [6.45, 7) is 7.10. The lowest BCUT2D eigenvalue weighted by molar-refractivity contribution is 0.0249. The van der Waals surface area contributed by atoms with E-state index in [2.05, 4.69) is 41.9 Å². The summed E-state index contributed by atoms with van der Waals surface area (Å²) < 4.78 is 13.1. The number of benzene rings is 1. The van der Waals surface area contributed by atoms with E-state index in [1.54, 1.807) is 18.4 Å². The van der Waals surface area contributed by atoms with Crippen LogP contribution in [0.25, 0.3) is 16.2 Å². The van der Waals surface area contributed by atoms with Crippen molar-refractivity contribution in [2.45, 2.75) is 38.2 Å². The van der Waals surface area contributed by atoms with Crippen molar-refractivity contribution in [2.24, 2.45) is 5.73 Å². The van der Waals surface area contributed by atoms with Crippen LogP contribution in [-0.2, 0) is 4.74 Å². The van der Waals surface area contributed by atoms with Gasteiger partial charge < -0.3 is 25.2 Å². The van der Waals surface area contributed by atoms with E-state index in [-0.39, 0.29) is 0 Å². The molecular formula is C22H31N5O3S. The molecule has 8 nitrogen and oxygen atoms in total. The molecular weight excluding hydrogens is 414 g/mol. The molecule has 3 heterocycles. The number of nitrogens with two attached hydrogens (primary N) is 1. The van der Waals surface area contributed by atoms with Crippen LogP contribution >= 0.6 is 11.3 Å². The molecule has 0 amide bonds. The molecule has 1 aromatic carbocycles. The molecule has 1 aliphatic heterocycles. The number of hydrogen-bond acceptors (Lipinski definition) is 8. The van der Waals surface area contributed by atoms with Crippen molar-refractivity contribution in [3.8, 4) is 17.0 Å². The van der Waals surface area contributed by atoms with E-state index >= 15 is 0 Å². The third kappa shape index (κ3) is 4.55. The van der Waals surface area contributed by atoms with Gasteiger partial charge in [0.15, 0.2) is 0 Å². The molecule has 0 spiro atoms. The van der Waals surface area contributed by atoms with E-state index in [0.29, 0.717) is 38.5 Å². The molecule has 0 saturated carbocycles. The fourth-order valence-electron chi connectivity index (χ4n) is 3.78. The lowest BCUT2D eigenvalue weighted by atomic mass is 9.92. The van der Waals surface area contributed by atoms with E-state index in [9.17, 15) is 5.11 Å². The fraction of sp³-hybridized carbons (Fsp3) is 0.545. The zero-order valence-corrected chi connectivity index (χ0v) is 19.2. The van der Waals surface area contributed by atoms with Crippen molar-refractivity contribution in [2.75, 3.05) is 44.9 Å². The molecule has 0 atom stereocenters. The van der Waals surface area contributed by atoms with Gasteiger partial charge in [-0.05, 0) is 36.5 Å². The van der Waals surface area contributed by atoms with E-state index in [4.69, 9.17) is 20.3 Å². The predicted octanol–water partition coefficient (Wildman–Crippen LogP) is 2.90. The molecule has 3 N–H and O–H groups in total. The van der Waals surface area contributed by atoms with Gasteiger partial charge in [0, 0.05) is 32.3 Å². The van der Waals surface area contributed by atoms with Crippen LogP contribution in [-0.4, -0.2) is 65.3 Å². The van der Waals surface area contributed by atoms with Crippen LogP contribution in [0, 0.1) is 0 Å². The minimum Gasteiger partial charge on any atom is -0.490 e. The van der Waals surface area contributed by atoms with Crippen molar-refractivity contribution in [1.29, 1.82) is 0 Å². The zero-order chi connectivity index (χ0) is 22.0. The molecule has 0 bridgehead atoms. The van der Waals surface area contributed by atoms with Crippen molar-refractivity contribution in [3.63, 3.8) is 0 Å². The first-order valence-electron chi connectivity index (χ1n) is 10.7. The van der Waals surface area contributed by atoms with Crippen LogP contribution in [0.5, 0.6) is 5.75 Å². The Morgan fingerprint density at radius 3 is 2.71 bits per heavy atom. The van der Waals surface area contributed by atoms with Gasteiger partial charge in [-0.25, -0.2) is 9.50 Å². The zero-order valence-electron chi connectivity index (χ0n) is 18.4. The van der Waals surface area contributed by atoms with Crippen LogP contribution in [0.3, 0.4) is 0 Å². The topological polar surface area (TPSA) is 98.1 Å². The van der Waals surface area contributed by atoms with E-state index < -0.39 is 5.60 Å². The number of aliphatic hydroxyl groups is 1. The average molecular weight is 446 g/mol. The molecule has 4 rings (SSSR count). The number of anilines is 1. The smallest absolute Gasteiger partial charge is 0.214 e. The normalized spacial score (nSPS) is 16.4. The number of imidazole rings is 1. The van der Waals surface area contributed by atoms with Crippen molar-refractivity contribution in [1.82, 2.24) is 14.6 Å². The summed E-state index contributed by atoms with van der Waals surface area (Å²) in [6, 6.07) is 6.32. The standard InChI is InChI=1S/C22H31N5O3S/c1-15(2)16-4-5-17(19(12-16)30-11-10-29-3)18-13-24-20-27(18)25-21(31-20)26-8-6-22(28,14-23)7-9-26/h4-5,12-13,15,28H,6-11,14,23H2,1-3H3. The first-order valence-corrected chi connectivity index (χ1v) is 11.5. The number of hydrogen-bond donors (Lipinski definition) is 2. The second-order valence-corrected chi connectivity index (χ2v) is 9.32. The Morgan fingerprint density at radius 2 is 2.03 bits per heavy atom. The Bertz CT molecular complexity index is 1020. The molecule has 1 aliphatic rings. The highest BCUT2D eigenvalue weighted by atomic mass is 32.1. The number of piperidine rings is 1. The number of aromatic nitrogens is 3. The summed E-state index contributed by atoms with van der Waals surface area (Å²) in [7, 11) is 1.67. The van der Waals surface area contributed by atoms with Crippen LogP contribution in [0.2, 0.25) is 0 Å². The summed E-state index contributed by atoms with van der Waals surface area (Å²) in [5.41, 5.74) is 8.04. The summed E-state index contributed by atoms with van der Waals surface area (Å²) >= 11 is 1.56. The Morgan fingerprint density at radius 1 is 1.26 bits per heavy atom. The first kappa shape index (κ1) is 22.0. The highest BCUT2D eigenvalue weighted by Crippen LogP contribution is 2.36. The SMILES string of the molecule is COCCOc1cc(C(C)C)ccc1-c1cnc2sc(N3CCC(O)(CN)CC3)nn12. The van der Waals surface area contributed by atoms with Gasteiger partial charge in [0.05, 0.1) is 24.1 Å². The minimum absolute atomic E-state index is 0.296. The predicted molar refractivity (Wildman–Crippen MR) is 123 cm³/mol. The summed E-state index contributed by atoms with van der Waals surface area (Å²) in [5.74, 6) is 1.21. The molecule has 1 fully saturated rings. The second kappa shape index (κ2) is 9.12. The molecule has 3 aromatic rings. The van der Waals surface area contributed by atoms with Gasteiger partial charge in [-0.15, -0.1) is 5.10 Å². The van der Waals surface area contributed by atoms with Crippen molar-refractivity contribution >= 4 is 21.4 Å². The highest BCUT2D eigenvalue weighted by molar-refractivity contribution is 7.20. The van der Waals surface area contributed by atoms with E-state index in [1.165, 1.54) is 5.56 Å². The molecule has 168 valence electrons. The fourth-order valence-corrected chi connectivity index (χ4v) is 4.70. The Kier molecular flexibility index (Phi) is 6.47. The van der Waals surface area contributed by atoms with Gasteiger partial charge in [-0.3, -0.25) is 0 Å². The second-order valence-electron chi connectivity index (χ2n) is 8.39. The number of fused-ring (bicyclic) bond motifs is 1. The molecule has 31 heavy (non-hydrogen) atoms. The van der Waals surface area contributed by atoms with Gasteiger partial charge >= 0.3 is 0 Å². The van der Waals surface area contributed by atoms with E-state index in [1.807, 2.05) is 10.7 Å². The largest absolute Gasteiger partial charge is 0.490 e. The lowest BCUT2D eigenvalue weighted by Gasteiger charge is -2.37. The van der Waals surface area contributed by atoms with Crippen LogP contribution in [0.4, 0.5) is 5.13 Å². The summed E-state index contributed by atoms with van der Waals surface area (Å²) in [4.78, 5) is 7.63. The number of nitrogens with zero attached hydrogens (tertiary/aromatic N) is 4. The number of rotatable bonds is 8. The van der Waals surface area contributed by atoms with Gasteiger partial charge in [0.1, 0.15) is 12.4 Å². The maximum Gasteiger partial charge on any atom is 0.214 e. The molecule has 0 radical (unpaired) electrons. The van der Waals surface area contributed by atoms with Crippen molar-refractivity contribution < 1.29 is 14.6 Å². The van der Waals surface area contributed by atoms with Crippen LogP contribution in [0.1, 0.15) is 38.2 Å². The monoisotopic (exact) mass is 445 g/mol. The third-order valence-corrected chi connectivity index (χ3v) is 6.90. The maximum absolute atomic E-state index is 10.4. The Balaban J connectivity index is 1.64. The Labute approximate surface area is 186 Å². The van der Waals surface area contributed by atoms with E-state index in [0.717, 1.165) is 40.2 Å². The molecule has 0 aliphatic carbocycles. The number of ether oxygens (including phenoxy) is 2. The maximum atomic E-state index is 10.4. The van der Waals surface area contributed by atoms with Gasteiger partial charge in [-0.1, -0.05) is 31.3 Å².